The highest BCUT2D eigenvalue weighted by atomic mass is 19.1. The number of methoxy groups -OCH3 is 2. The fraction of sp³-hybridized carbons (Fsp3) is 0.500. The van der Waals surface area contributed by atoms with Crippen LogP contribution in [0, 0.1) is 5.82 Å². The Morgan fingerprint density at radius 2 is 2.16 bits per heavy atom. The molecule has 1 aromatic rings. The van der Waals surface area contributed by atoms with Crippen molar-refractivity contribution in [3.05, 3.63) is 29.6 Å². The van der Waals surface area contributed by atoms with Crippen LogP contribution in [0.4, 0.5) is 4.39 Å². The van der Waals surface area contributed by atoms with E-state index < -0.39 is 0 Å². The number of esters is 1. The largest absolute Gasteiger partial charge is 0.496 e. The summed E-state index contributed by atoms with van der Waals surface area (Å²) in [5.74, 6) is -0.0155. The Morgan fingerprint density at radius 1 is 1.42 bits per heavy atom. The Balaban J connectivity index is 2.54. The fourth-order valence-electron chi connectivity index (χ4n) is 1.87. The number of hydrogen-bond donors (Lipinski definition) is 1. The van der Waals surface area contributed by atoms with Crippen molar-refractivity contribution >= 4 is 5.97 Å². The minimum atomic E-state index is -0.299. The molecule has 106 valence electrons. The predicted molar refractivity (Wildman–Crippen MR) is 70.6 cm³/mol. The Labute approximate surface area is 112 Å². The van der Waals surface area contributed by atoms with Crippen molar-refractivity contribution in [2.75, 3.05) is 20.8 Å². The molecular formula is C14H20FNO3. The lowest BCUT2D eigenvalue weighted by molar-refractivity contribution is -0.140. The van der Waals surface area contributed by atoms with E-state index in [0.29, 0.717) is 30.7 Å². The van der Waals surface area contributed by atoms with E-state index in [0.717, 1.165) is 0 Å². The molecule has 1 rings (SSSR count). The van der Waals surface area contributed by atoms with Gasteiger partial charge in [-0.05, 0) is 32.0 Å². The summed E-state index contributed by atoms with van der Waals surface area (Å²) in [6.07, 6.45) is 0.998. The molecule has 0 bridgehead atoms. The van der Waals surface area contributed by atoms with Gasteiger partial charge >= 0.3 is 5.97 Å². The zero-order valence-electron chi connectivity index (χ0n) is 11.5. The molecule has 0 aliphatic rings. The molecule has 0 saturated carbocycles. The lowest BCUT2D eigenvalue weighted by atomic mass is 10.1. The highest BCUT2D eigenvalue weighted by molar-refractivity contribution is 5.69. The SMILES string of the molecule is COC(=O)CCCNC(C)c1c(F)cccc1OC. The second kappa shape index (κ2) is 7.74. The van der Waals surface area contributed by atoms with Crippen LogP contribution in [-0.2, 0) is 9.53 Å². The first kappa shape index (κ1) is 15.4. The van der Waals surface area contributed by atoms with Crippen LogP contribution in [0.5, 0.6) is 5.75 Å². The van der Waals surface area contributed by atoms with Crippen molar-refractivity contribution in [1.29, 1.82) is 0 Å². The summed E-state index contributed by atoms with van der Waals surface area (Å²) >= 11 is 0. The number of ether oxygens (including phenoxy) is 2. The second-order valence-electron chi connectivity index (χ2n) is 4.21. The molecule has 1 N–H and O–H groups in total. The lowest BCUT2D eigenvalue weighted by Crippen LogP contribution is -2.22. The van der Waals surface area contributed by atoms with Gasteiger partial charge in [-0.3, -0.25) is 4.79 Å². The van der Waals surface area contributed by atoms with Crippen molar-refractivity contribution in [2.24, 2.45) is 0 Å². The zero-order chi connectivity index (χ0) is 14.3. The third-order valence-electron chi connectivity index (χ3n) is 2.90. The minimum absolute atomic E-state index is 0.186. The van der Waals surface area contributed by atoms with E-state index in [1.807, 2.05) is 6.92 Å². The maximum Gasteiger partial charge on any atom is 0.305 e. The standard InChI is InChI=1S/C14H20FNO3/c1-10(16-9-5-8-13(17)19-3)14-11(15)6-4-7-12(14)18-2/h4,6-7,10,16H,5,8-9H2,1-3H3. The average molecular weight is 269 g/mol. The van der Waals surface area contributed by atoms with Crippen molar-refractivity contribution in [3.8, 4) is 5.75 Å². The molecule has 4 nitrogen and oxygen atoms in total. The Bertz CT molecular complexity index is 423. The van der Waals surface area contributed by atoms with E-state index in [-0.39, 0.29) is 17.8 Å². The molecule has 0 saturated heterocycles. The molecule has 1 aromatic carbocycles. The third-order valence-corrected chi connectivity index (χ3v) is 2.90. The van der Waals surface area contributed by atoms with Crippen molar-refractivity contribution in [1.82, 2.24) is 5.32 Å². The van der Waals surface area contributed by atoms with Gasteiger partial charge < -0.3 is 14.8 Å². The Kier molecular flexibility index (Phi) is 6.29. The average Bonchev–Trinajstić information content (AvgIpc) is 2.42. The number of benzene rings is 1. The lowest BCUT2D eigenvalue weighted by Gasteiger charge is -2.17. The Morgan fingerprint density at radius 3 is 2.79 bits per heavy atom. The van der Waals surface area contributed by atoms with Crippen molar-refractivity contribution in [2.45, 2.75) is 25.8 Å². The molecule has 5 heteroatoms. The van der Waals surface area contributed by atoms with Crippen LogP contribution in [0.3, 0.4) is 0 Å². The van der Waals surface area contributed by atoms with Crippen LogP contribution in [0.2, 0.25) is 0 Å². The summed E-state index contributed by atoms with van der Waals surface area (Å²) in [6.45, 7) is 2.47. The van der Waals surface area contributed by atoms with Gasteiger partial charge in [0.2, 0.25) is 0 Å². The van der Waals surface area contributed by atoms with Crippen molar-refractivity contribution in [3.63, 3.8) is 0 Å². The molecule has 0 aromatic heterocycles. The second-order valence-corrected chi connectivity index (χ2v) is 4.21. The number of carbonyl (C=O) groups is 1. The first-order valence-electron chi connectivity index (χ1n) is 6.22. The molecule has 0 radical (unpaired) electrons. The summed E-state index contributed by atoms with van der Waals surface area (Å²) < 4.78 is 23.5. The van der Waals surface area contributed by atoms with Gasteiger partial charge in [0.1, 0.15) is 11.6 Å². The number of rotatable bonds is 7. The zero-order valence-corrected chi connectivity index (χ0v) is 11.5. The van der Waals surface area contributed by atoms with Crippen LogP contribution in [0.15, 0.2) is 18.2 Å². The van der Waals surface area contributed by atoms with Gasteiger partial charge in [0, 0.05) is 18.0 Å². The van der Waals surface area contributed by atoms with E-state index in [1.54, 1.807) is 12.1 Å². The van der Waals surface area contributed by atoms with Crippen LogP contribution >= 0.6 is 0 Å². The smallest absolute Gasteiger partial charge is 0.305 e. The molecule has 19 heavy (non-hydrogen) atoms. The monoisotopic (exact) mass is 269 g/mol. The van der Waals surface area contributed by atoms with Gasteiger partial charge in [-0.25, -0.2) is 4.39 Å². The quantitative estimate of drug-likeness (QED) is 0.610. The van der Waals surface area contributed by atoms with Gasteiger partial charge in [-0.2, -0.15) is 0 Å². The molecule has 0 aliphatic heterocycles. The molecule has 1 atom stereocenters. The van der Waals surface area contributed by atoms with Gasteiger partial charge in [0.05, 0.1) is 14.2 Å². The molecular weight excluding hydrogens is 249 g/mol. The maximum absolute atomic E-state index is 13.8. The Hall–Kier alpha value is -1.62. The van der Waals surface area contributed by atoms with Gasteiger partial charge in [0.15, 0.2) is 0 Å². The maximum atomic E-state index is 13.8. The summed E-state index contributed by atoms with van der Waals surface area (Å²) in [5.41, 5.74) is 0.503. The highest BCUT2D eigenvalue weighted by Crippen LogP contribution is 2.27. The number of nitrogens with one attached hydrogen (secondary N) is 1. The van der Waals surface area contributed by atoms with Crippen molar-refractivity contribution < 1.29 is 18.7 Å². The summed E-state index contributed by atoms with van der Waals surface area (Å²) in [6, 6.07) is 4.56. The summed E-state index contributed by atoms with van der Waals surface area (Å²) in [7, 11) is 2.88. The van der Waals surface area contributed by atoms with E-state index in [4.69, 9.17) is 4.74 Å². The van der Waals surface area contributed by atoms with E-state index in [9.17, 15) is 9.18 Å². The normalized spacial score (nSPS) is 12.0. The first-order valence-corrected chi connectivity index (χ1v) is 6.22. The number of hydrogen-bond acceptors (Lipinski definition) is 4. The van der Waals surface area contributed by atoms with Crippen LogP contribution in [0.1, 0.15) is 31.4 Å². The molecule has 1 unspecified atom stereocenters. The van der Waals surface area contributed by atoms with Gasteiger partial charge in [-0.1, -0.05) is 6.07 Å². The molecule has 0 fully saturated rings. The fourth-order valence-corrected chi connectivity index (χ4v) is 1.87. The van der Waals surface area contributed by atoms with E-state index >= 15 is 0 Å². The predicted octanol–water partition coefficient (Wildman–Crippen LogP) is 2.44. The minimum Gasteiger partial charge on any atom is -0.496 e. The molecule has 0 amide bonds. The number of halogens is 1. The van der Waals surface area contributed by atoms with Gasteiger partial charge in [0.25, 0.3) is 0 Å². The van der Waals surface area contributed by atoms with Gasteiger partial charge in [-0.15, -0.1) is 0 Å². The van der Waals surface area contributed by atoms with Crippen LogP contribution in [-0.4, -0.2) is 26.7 Å². The summed E-state index contributed by atoms with van der Waals surface area (Å²) in [5, 5.41) is 3.17. The van der Waals surface area contributed by atoms with E-state index in [1.165, 1.54) is 20.3 Å². The topological polar surface area (TPSA) is 47.6 Å². The molecule has 0 heterocycles. The molecule has 0 aliphatic carbocycles. The summed E-state index contributed by atoms with van der Waals surface area (Å²) in [4.78, 5) is 11.0. The van der Waals surface area contributed by atoms with E-state index in [2.05, 4.69) is 10.1 Å². The molecule has 0 spiro atoms. The third kappa shape index (κ3) is 4.52. The first-order chi connectivity index (χ1) is 9.10. The van der Waals surface area contributed by atoms with Crippen LogP contribution < -0.4 is 10.1 Å². The number of carbonyl (C=O) groups excluding carboxylic acids is 1. The highest BCUT2D eigenvalue weighted by Gasteiger charge is 2.15. The van der Waals surface area contributed by atoms with Crippen LogP contribution in [0.25, 0.3) is 0 Å².